The Bertz CT molecular complexity index is 494. The summed E-state index contributed by atoms with van der Waals surface area (Å²) >= 11 is 0. The van der Waals surface area contributed by atoms with Crippen molar-refractivity contribution in [2.24, 2.45) is 0 Å². The number of nitrogens with two attached hydrogens (primary N) is 1. The second-order valence-electron chi connectivity index (χ2n) is 5.77. The molecular formula is C15H23N3O2. The summed E-state index contributed by atoms with van der Waals surface area (Å²) in [6, 6.07) is 5.29. The fourth-order valence-corrected chi connectivity index (χ4v) is 2.79. The molecule has 1 saturated carbocycles. The van der Waals surface area contributed by atoms with E-state index in [0.717, 1.165) is 31.4 Å². The first kappa shape index (κ1) is 14.7. The summed E-state index contributed by atoms with van der Waals surface area (Å²) < 4.78 is 0. The van der Waals surface area contributed by atoms with E-state index in [1.165, 1.54) is 0 Å². The molecular weight excluding hydrogens is 254 g/mol. The molecule has 0 unspecified atom stereocenters. The van der Waals surface area contributed by atoms with Gasteiger partial charge in [0.1, 0.15) is 0 Å². The van der Waals surface area contributed by atoms with E-state index in [1.807, 2.05) is 25.1 Å². The van der Waals surface area contributed by atoms with Gasteiger partial charge in [-0.3, -0.25) is 4.79 Å². The summed E-state index contributed by atoms with van der Waals surface area (Å²) in [4.78, 5) is 14.2. The van der Waals surface area contributed by atoms with Crippen LogP contribution in [0.1, 0.15) is 36.0 Å². The topological polar surface area (TPSA) is 78.6 Å². The number of nitrogen functional groups attached to an aromatic ring is 1. The van der Waals surface area contributed by atoms with Gasteiger partial charge in [0.15, 0.2) is 0 Å². The lowest BCUT2D eigenvalue weighted by Crippen LogP contribution is -2.49. The third kappa shape index (κ3) is 2.88. The molecule has 2 rings (SSSR count). The van der Waals surface area contributed by atoms with E-state index in [-0.39, 0.29) is 12.5 Å². The lowest BCUT2D eigenvalue weighted by Gasteiger charge is -2.28. The summed E-state index contributed by atoms with van der Waals surface area (Å²) in [7, 11) is 3.81. The lowest BCUT2D eigenvalue weighted by atomic mass is 9.98. The van der Waals surface area contributed by atoms with Crippen LogP contribution in [-0.2, 0) is 0 Å². The predicted octanol–water partition coefficient (Wildman–Crippen LogP) is 1.37. The van der Waals surface area contributed by atoms with Crippen molar-refractivity contribution in [3.8, 4) is 0 Å². The third-order valence-electron chi connectivity index (χ3n) is 4.01. The van der Waals surface area contributed by atoms with Crippen LogP contribution in [0.15, 0.2) is 18.2 Å². The minimum absolute atomic E-state index is 0.00992. The van der Waals surface area contributed by atoms with Gasteiger partial charge in [0.25, 0.3) is 5.91 Å². The highest BCUT2D eigenvalue weighted by atomic mass is 16.3. The van der Waals surface area contributed by atoms with Crippen molar-refractivity contribution in [3.05, 3.63) is 23.8 Å². The lowest BCUT2D eigenvalue weighted by molar-refractivity contribution is 0.0838. The summed E-state index contributed by atoms with van der Waals surface area (Å²) in [5.74, 6) is -0.169. The van der Waals surface area contributed by atoms with Crippen LogP contribution in [0.3, 0.4) is 0 Å². The monoisotopic (exact) mass is 277 g/mol. The number of nitrogens with one attached hydrogen (secondary N) is 1. The molecule has 0 saturated heterocycles. The van der Waals surface area contributed by atoms with Crippen molar-refractivity contribution in [1.29, 1.82) is 0 Å². The Hall–Kier alpha value is -1.75. The average Bonchev–Trinajstić information content (AvgIpc) is 2.87. The summed E-state index contributed by atoms with van der Waals surface area (Å²) in [6.07, 6.45) is 3.76. The molecule has 5 nitrogen and oxygen atoms in total. The minimum atomic E-state index is -0.452. The Morgan fingerprint density at radius 2 is 2.05 bits per heavy atom. The molecule has 4 N–H and O–H groups in total. The van der Waals surface area contributed by atoms with Crippen molar-refractivity contribution < 1.29 is 9.90 Å². The van der Waals surface area contributed by atoms with Gasteiger partial charge in [-0.2, -0.15) is 0 Å². The third-order valence-corrected chi connectivity index (χ3v) is 4.01. The molecule has 1 aromatic rings. The molecule has 0 bridgehead atoms. The summed E-state index contributed by atoms with van der Waals surface area (Å²) in [5.41, 5.74) is 7.51. The first-order chi connectivity index (χ1) is 9.47. The molecule has 0 aromatic heterocycles. The number of rotatable bonds is 4. The van der Waals surface area contributed by atoms with Crippen LogP contribution in [0.25, 0.3) is 0 Å². The van der Waals surface area contributed by atoms with E-state index in [4.69, 9.17) is 5.73 Å². The molecule has 0 atom stereocenters. The highest BCUT2D eigenvalue weighted by Gasteiger charge is 2.34. The van der Waals surface area contributed by atoms with Crippen molar-refractivity contribution >= 4 is 17.3 Å². The normalized spacial score (nSPS) is 16.9. The van der Waals surface area contributed by atoms with Crippen LogP contribution in [0.5, 0.6) is 0 Å². The maximum absolute atomic E-state index is 12.3. The van der Waals surface area contributed by atoms with Crippen LogP contribution in [-0.4, -0.2) is 37.3 Å². The van der Waals surface area contributed by atoms with E-state index in [2.05, 4.69) is 5.32 Å². The Morgan fingerprint density at radius 3 is 2.55 bits per heavy atom. The number of benzene rings is 1. The van der Waals surface area contributed by atoms with Crippen LogP contribution in [0, 0.1) is 0 Å². The number of hydrogen-bond donors (Lipinski definition) is 3. The highest BCUT2D eigenvalue weighted by Crippen LogP contribution is 2.30. The first-order valence-electron chi connectivity index (χ1n) is 6.98. The molecule has 1 fully saturated rings. The molecule has 20 heavy (non-hydrogen) atoms. The molecule has 0 spiro atoms. The van der Waals surface area contributed by atoms with E-state index >= 15 is 0 Å². The largest absolute Gasteiger partial charge is 0.397 e. The van der Waals surface area contributed by atoms with E-state index < -0.39 is 5.54 Å². The van der Waals surface area contributed by atoms with Gasteiger partial charge in [-0.05, 0) is 31.0 Å². The van der Waals surface area contributed by atoms with Crippen LogP contribution in [0.2, 0.25) is 0 Å². The molecule has 5 heteroatoms. The van der Waals surface area contributed by atoms with Gasteiger partial charge in [0, 0.05) is 19.7 Å². The number of nitrogens with zero attached hydrogens (tertiary/aromatic N) is 1. The molecule has 110 valence electrons. The Labute approximate surface area is 119 Å². The van der Waals surface area contributed by atoms with E-state index in [0.29, 0.717) is 11.3 Å². The number of amides is 1. The van der Waals surface area contributed by atoms with Gasteiger partial charge in [0.2, 0.25) is 0 Å². The molecule has 0 aliphatic heterocycles. The summed E-state index contributed by atoms with van der Waals surface area (Å²) in [5, 5.41) is 12.5. The van der Waals surface area contributed by atoms with Gasteiger partial charge in [-0.25, -0.2) is 0 Å². The smallest absolute Gasteiger partial charge is 0.251 e. The average molecular weight is 277 g/mol. The van der Waals surface area contributed by atoms with E-state index in [1.54, 1.807) is 12.1 Å². The molecule has 0 heterocycles. The van der Waals surface area contributed by atoms with Crippen molar-refractivity contribution in [2.45, 2.75) is 31.2 Å². The number of carbonyl (C=O) groups is 1. The standard InChI is InChI=1S/C15H23N3O2/c1-18(2)13-6-5-11(9-12(13)16)14(20)17-15(10-19)7-3-4-8-15/h5-6,9,19H,3-4,7-8,10,16H2,1-2H3,(H,17,20). The number of aliphatic hydroxyl groups excluding tert-OH is 1. The zero-order chi connectivity index (χ0) is 14.8. The predicted molar refractivity (Wildman–Crippen MR) is 80.9 cm³/mol. The molecule has 1 aliphatic carbocycles. The minimum Gasteiger partial charge on any atom is -0.397 e. The first-order valence-corrected chi connectivity index (χ1v) is 6.98. The molecule has 1 aromatic carbocycles. The van der Waals surface area contributed by atoms with E-state index in [9.17, 15) is 9.90 Å². The van der Waals surface area contributed by atoms with Crippen LogP contribution in [0.4, 0.5) is 11.4 Å². The molecule has 1 aliphatic rings. The maximum atomic E-state index is 12.3. The number of anilines is 2. The van der Waals surface area contributed by atoms with Gasteiger partial charge < -0.3 is 21.1 Å². The number of aliphatic hydroxyl groups is 1. The van der Waals surface area contributed by atoms with Gasteiger partial charge in [-0.1, -0.05) is 12.8 Å². The zero-order valence-corrected chi connectivity index (χ0v) is 12.1. The van der Waals surface area contributed by atoms with Crippen molar-refractivity contribution in [1.82, 2.24) is 5.32 Å². The second-order valence-corrected chi connectivity index (χ2v) is 5.77. The SMILES string of the molecule is CN(C)c1ccc(C(=O)NC2(CO)CCCC2)cc1N. The van der Waals surface area contributed by atoms with Gasteiger partial charge in [-0.15, -0.1) is 0 Å². The second kappa shape index (κ2) is 5.71. The van der Waals surface area contributed by atoms with Crippen molar-refractivity contribution in [3.63, 3.8) is 0 Å². The van der Waals surface area contributed by atoms with Gasteiger partial charge in [0.05, 0.1) is 23.5 Å². The molecule has 0 radical (unpaired) electrons. The Balaban J connectivity index is 2.15. The fourth-order valence-electron chi connectivity index (χ4n) is 2.79. The summed E-state index contributed by atoms with van der Waals surface area (Å²) in [6.45, 7) is -0.00992. The Kier molecular flexibility index (Phi) is 4.18. The van der Waals surface area contributed by atoms with Crippen molar-refractivity contribution in [2.75, 3.05) is 31.3 Å². The molecule has 1 amide bonds. The number of hydrogen-bond acceptors (Lipinski definition) is 4. The number of carbonyl (C=O) groups excluding carboxylic acids is 1. The Morgan fingerprint density at radius 1 is 1.40 bits per heavy atom. The van der Waals surface area contributed by atoms with Crippen LogP contribution < -0.4 is 16.0 Å². The fraction of sp³-hybridized carbons (Fsp3) is 0.533. The quantitative estimate of drug-likeness (QED) is 0.726. The highest BCUT2D eigenvalue weighted by molar-refractivity contribution is 5.96. The van der Waals surface area contributed by atoms with Crippen LogP contribution >= 0.6 is 0 Å². The van der Waals surface area contributed by atoms with Gasteiger partial charge >= 0.3 is 0 Å². The zero-order valence-electron chi connectivity index (χ0n) is 12.1. The maximum Gasteiger partial charge on any atom is 0.251 e.